The average molecular weight is 315 g/mol. The Morgan fingerprint density at radius 3 is 2.70 bits per heavy atom. The van der Waals surface area contributed by atoms with E-state index in [0.717, 1.165) is 12.8 Å². The van der Waals surface area contributed by atoms with Crippen molar-refractivity contribution in [1.82, 2.24) is 5.32 Å². The number of hydrogen-bond donors (Lipinski definition) is 2. The first-order valence-corrected chi connectivity index (χ1v) is 7.71. The van der Waals surface area contributed by atoms with Crippen molar-refractivity contribution in [2.45, 2.75) is 39.2 Å². The first-order chi connectivity index (χ1) is 9.40. The van der Waals surface area contributed by atoms with Crippen LogP contribution in [0.1, 0.15) is 43.5 Å². The van der Waals surface area contributed by atoms with Gasteiger partial charge >= 0.3 is 0 Å². The molecule has 1 aromatic carbocycles. The first kappa shape index (κ1) is 15.5. The number of amides is 1. The van der Waals surface area contributed by atoms with Gasteiger partial charge < -0.3 is 11.1 Å². The Kier molecular flexibility index (Phi) is 4.82. The van der Waals surface area contributed by atoms with Gasteiger partial charge in [-0.3, -0.25) is 4.79 Å². The van der Waals surface area contributed by atoms with Gasteiger partial charge in [0.15, 0.2) is 0 Å². The van der Waals surface area contributed by atoms with Gasteiger partial charge in [0, 0.05) is 11.7 Å². The van der Waals surface area contributed by atoms with Crippen LogP contribution in [0.3, 0.4) is 0 Å². The van der Waals surface area contributed by atoms with Gasteiger partial charge in [-0.15, -0.1) is 0 Å². The van der Waals surface area contributed by atoms with Crippen molar-refractivity contribution < 1.29 is 4.79 Å². The van der Waals surface area contributed by atoms with E-state index in [-0.39, 0.29) is 17.0 Å². The molecule has 1 fully saturated rings. The summed E-state index contributed by atoms with van der Waals surface area (Å²) in [6.07, 6.45) is 3.37. The van der Waals surface area contributed by atoms with Crippen molar-refractivity contribution in [3.8, 4) is 0 Å². The fourth-order valence-electron chi connectivity index (χ4n) is 2.81. The Balaban J connectivity index is 2.16. The minimum atomic E-state index is -0.199. The third-order valence-electron chi connectivity index (χ3n) is 4.32. The summed E-state index contributed by atoms with van der Waals surface area (Å²) in [6, 6.07) is 3.30. The second kappa shape index (κ2) is 6.23. The Bertz CT molecular complexity index is 519. The van der Waals surface area contributed by atoms with Crippen LogP contribution in [0.5, 0.6) is 0 Å². The van der Waals surface area contributed by atoms with E-state index >= 15 is 0 Å². The second-order valence-corrected chi connectivity index (χ2v) is 6.50. The van der Waals surface area contributed by atoms with Crippen LogP contribution < -0.4 is 11.1 Å². The third kappa shape index (κ3) is 3.21. The molecule has 3 N–H and O–H groups in total. The predicted octanol–water partition coefficient (Wildman–Crippen LogP) is 4.13. The maximum atomic E-state index is 12.4. The molecule has 5 heteroatoms. The molecule has 1 aromatic rings. The number of hydrogen-bond acceptors (Lipinski definition) is 2. The molecule has 3 nitrogen and oxygen atoms in total. The highest BCUT2D eigenvalue weighted by atomic mass is 35.5. The molecule has 0 bridgehead atoms. The second-order valence-electron chi connectivity index (χ2n) is 5.71. The minimum absolute atomic E-state index is 0.183. The molecule has 0 heterocycles. The Labute approximate surface area is 129 Å². The van der Waals surface area contributed by atoms with Crippen LogP contribution >= 0.6 is 23.2 Å². The number of nitrogen functional groups attached to an aromatic ring is 1. The molecule has 1 saturated carbocycles. The molecule has 0 aliphatic heterocycles. The molecule has 110 valence electrons. The number of halogens is 2. The van der Waals surface area contributed by atoms with Crippen molar-refractivity contribution in [2.24, 2.45) is 11.8 Å². The monoisotopic (exact) mass is 314 g/mol. The molecule has 0 radical (unpaired) electrons. The van der Waals surface area contributed by atoms with Crippen LogP contribution in [0.15, 0.2) is 12.1 Å². The smallest absolute Gasteiger partial charge is 0.253 e. The van der Waals surface area contributed by atoms with Crippen LogP contribution in [0.25, 0.3) is 0 Å². The van der Waals surface area contributed by atoms with Gasteiger partial charge in [0.2, 0.25) is 0 Å². The van der Waals surface area contributed by atoms with Gasteiger partial charge in [-0.1, -0.05) is 49.9 Å². The van der Waals surface area contributed by atoms with Gasteiger partial charge in [-0.25, -0.2) is 0 Å². The largest absolute Gasteiger partial charge is 0.399 e. The van der Waals surface area contributed by atoms with E-state index in [0.29, 0.717) is 28.1 Å². The lowest BCUT2D eigenvalue weighted by Crippen LogP contribution is -2.43. The summed E-state index contributed by atoms with van der Waals surface area (Å²) in [5.41, 5.74) is 6.51. The molecule has 3 atom stereocenters. The number of carbonyl (C=O) groups is 1. The third-order valence-corrected chi connectivity index (χ3v) is 5.12. The van der Waals surface area contributed by atoms with Crippen molar-refractivity contribution >= 4 is 34.8 Å². The van der Waals surface area contributed by atoms with E-state index in [1.54, 1.807) is 12.1 Å². The zero-order chi connectivity index (χ0) is 14.9. The lowest BCUT2D eigenvalue weighted by Gasteiger charge is -2.34. The van der Waals surface area contributed by atoms with Crippen LogP contribution in [0.2, 0.25) is 10.0 Å². The number of benzene rings is 1. The average Bonchev–Trinajstić information content (AvgIpc) is 2.39. The Hall–Kier alpha value is -0.930. The summed E-state index contributed by atoms with van der Waals surface area (Å²) >= 11 is 12.1. The highest BCUT2D eigenvalue weighted by Gasteiger charge is 2.29. The number of nitrogens with two attached hydrogens (primary N) is 1. The maximum Gasteiger partial charge on any atom is 0.253 e. The van der Waals surface area contributed by atoms with E-state index in [4.69, 9.17) is 28.9 Å². The van der Waals surface area contributed by atoms with Crippen LogP contribution in [0.4, 0.5) is 5.69 Å². The van der Waals surface area contributed by atoms with Crippen molar-refractivity contribution in [3.63, 3.8) is 0 Å². The van der Waals surface area contributed by atoms with Gasteiger partial charge in [-0.2, -0.15) is 0 Å². The topological polar surface area (TPSA) is 55.1 Å². The number of carbonyl (C=O) groups excluding carboxylic acids is 1. The van der Waals surface area contributed by atoms with Gasteiger partial charge in [-0.05, 0) is 30.4 Å². The van der Waals surface area contributed by atoms with Gasteiger partial charge in [0.1, 0.15) is 0 Å². The fourth-order valence-corrected chi connectivity index (χ4v) is 3.23. The van der Waals surface area contributed by atoms with E-state index in [9.17, 15) is 4.79 Å². The van der Waals surface area contributed by atoms with Crippen molar-refractivity contribution in [2.75, 3.05) is 5.73 Å². The van der Waals surface area contributed by atoms with Crippen molar-refractivity contribution in [1.29, 1.82) is 0 Å². The number of rotatable bonds is 2. The Morgan fingerprint density at radius 2 is 2.00 bits per heavy atom. The maximum absolute atomic E-state index is 12.4. The summed E-state index contributed by atoms with van der Waals surface area (Å²) in [5.74, 6) is 0.882. The molecule has 1 aliphatic rings. The molecule has 0 spiro atoms. The summed E-state index contributed by atoms with van der Waals surface area (Å²) in [6.45, 7) is 4.41. The quantitative estimate of drug-likeness (QED) is 0.806. The SMILES string of the molecule is CC1CCCC(NC(=O)c2cc(N)cc(Cl)c2Cl)C1C. The zero-order valence-corrected chi connectivity index (χ0v) is 13.3. The fraction of sp³-hybridized carbons (Fsp3) is 0.533. The number of anilines is 1. The summed E-state index contributed by atoms with van der Waals surface area (Å²) < 4.78 is 0. The van der Waals surface area contributed by atoms with Crippen LogP contribution in [-0.4, -0.2) is 11.9 Å². The highest BCUT2D eigenvalue weighted by molar-refractivity contribution is 6.44. The molecule has 20 heavy (non-hydrogen) atoms. The Morgan fingerprint density at radius 1 is 1.30 bits per heavy atom. The predicted molar refractivity (Wildman–Crippen MR) is 84.3 cm³/mol. The van der Waals surface area contributed by atoms with Gasteiger partial charge in [0.05, 0.1) is 15.6 Å². The summed E-state index contributed by atoms with van der Waals surface area (Å²) in [4.78, 5) is 12.4. The molecule has 0 saturated heterocycles. The van der Waals surface area contributed by atoms with E-state index in [2.05, 4.69) is 19.2 Å². The summed E-state index contributed by atoms with van der Waals surface area (Å²) in [7, 11) is 0. The summed E-state index contributed by atoms with van der Waals surface area (Å²) in [5, 5.41) is 3.64. The first-order valence-electron chi connectivity index (χ1n) is 6.95. The molecular weight excluding hydrogens is 295 g/mol. The van der Waals surface area contributed by atoms with Crippen LogP contribution in [0, 0.1) is 11.8 Å². The van der Waals surface area contributed by atoms with Gasteiger partial charge in [0.25, 0.3) is 5.91 Å². The lowest BCUT2D eigenvalue weighted by atomic mass is 9.78. The molecule has 1 aliphatic carbocycles. The van der Waals surface area contributed by atoms with E-state index in [1.165, 1.54) is 6.42 Å². The highest BCUT2D eigenvalue weighted by Crippen LogP contribution is 2.31. The van der Waals surface area contributed by atoms with E-state index < -0.39 is 0 Å². The van der Waals surface area contributed by atoms with Crippen LogP contribution in [-0.2, 0) is 0 Å². The molecule has 0 aromatic heterocycles. The zero-order valence-electron chi connectivity index (χ0n) is 11.7. The minimum Gasteiger partial charge on any atom is -0.399 e. The molecule has 3 unspecified atom stereocenters. The van der Waals surface area contributed by atoms with Crippen molar-refractivity contribution in [3.05, 3.63) is 27.7 Å². The van der Waals surface area contributed by atoms with E-state index in [1.807, 2.05) is 0 Å². The number of nitrogens with one attached hydrogen (secondary N) is 1. The normalized spacial score (nSPS) is 26.3. The molecule has 2 rings (SSSR count). The lowest BCUT2D eigenvalue weighted by molar-refractivity contribution is 0.0891. The standard InChI is InChI=1S/C15H20Cl2N2O/c1-8-4-3-5-13(9(8)2)19-15(20)11-6-10(18)7-12(16)14(11)17/h6-9,13H,3-5,18H2,1-2H3,(H,19,20). The molecular formula is C15H20Cl2N2O. The molecule has 1 amide bonds.